The van der Waals surface area contributed by atoms with E-state index in [1.54, 1.807) is 0 Å². The van der Waals surface area contributed by atoms with Crippen LogP contribution in [0.5, 0.6) is 0 Å². The van der Waals surface area contributed by atoms with Crippen LogP contribution in [0.15, 0.2) is 194 Å². The molecule has 0 spiro atoms. The molecule has 0 aliphatic carbocycles. The Kier molecular flexibility index (Phi) is 10.3. The quantitative estimate of drug-likeness (QED) is 0.121. The minimum absolute atomic E-state index is 0.00107. The monoisotopic (exact) mass is 960 g/mol. The summed E-state index contributed by atoms with van der Waals surface area (Å²) in [7, 11) is 0. The van der Waals surface area contributed by atoms with Gasteiger partial charge < -0.3 is 9.80 Å². The molecule has 356 valence electrons. The van der Waals surface area contributed by atoms with Crippen molar-refractivity contribution in [3.8, 4) is 22.3 Å². The topological polar surface area (TPSA) is 6.48 Å². The molecular formula is C69H61BN2S. The Hall–Kier alpha value is -7.40. The molecular weight excluding hydrogens is 900 g/mol. The lowest BCUT2D eigenvalue weighted by Crippen LogP contribution is -2.60. The van der Waals surface area contributed by atoms with Gasteiger partial charge in [-0.2, -0.15) is 0 Å². The molecule has 2 aliphatic heterocycles. The summed E-state index contributed by atoms with van der Waals surface area (Å²) in [4.78, 5) is 5.24. The van der Waals surface area contributed by atoms with E-state index in [2.05, 4.69) is 266 Å². The van der Waals surface area contributed by atoms with Gasteiger partial charge >= 0.3 is 0 Å². The Morgan fingerprint density at radius 1 is 0.411 bits per heavy atom. The summed E-state index contributed by atoms with van der Waals surface area (Å²) in [6.45, 7) is 21.0. The van der Waals surface area contributed by atoms with Crippen molar-refractivity contribution in [3.05, 3.63) is 211 Å². The molecule has 4 heteroatoms. The summed E-state index contributed by atoms with van der Waals surface area (Å²) in [5.41, 5.74) is 18.9. The molecule has 3 heterocycles. The van der Waals surface area contributed by atoms with Gasteiger partial charge in [0, 0.05) is 43.2 Å². The van der Waals surface area contributed by atoms with E-state index in [-0.39, 0.29) is 23.0 Å². The number of anilines is 6. The lowest BCUT2D eigenvalue weighted by Gasteiger charge is -2.43. The number of rotatable bonds is 6. The van der Waals surface area contributed by atoms with E-state index in [9.17, 15) is 0 Å². The predicted molar refractivity (Wildman–Crippen MR) is 320 cm³/mol. The van der Waals surface area contributed by atoms with Crippen LogP contribution in [0.3, 0.4) is 0 Å². The van der Waals surface area contributed by atoms with Gasteiger partial charge in [-0.15, -0.1) is 11.3 Å². The first kappa shape index (κ1) is 45.5. The smallest absolute Gasteiger partial charge is 0.264 e. The molecule has 0 atom stereocenters. The van der Waals surface area contributed by atoms with E-state index < -0.39 is 0 Å². The van der Waals surface area contributed by atoms with Gasteiger partial charge in [0.2, 0.25) is 0 Å². The molecule has 0 unspecified atom stereocenters. The molecule has 13 rings (SSSR count). The average molecular weight is 961 g/mol. The minimum Gasteiger partial charge on any atom is -0.311 e. The summed E-state index contributed by atoms with van der Waals surface area (Å²) >= 11 is 1.98. The first-order chi connectivity index (χ1) is 35.2. The van der Waals surface area contributed by atoms with Crippen LogP contribution in [0, 0.1) is 0 Å². The first-order valence-corrected chi connectivity index (χ1v) is 27.1. The van der Waals surface area contributed by atoms with Crippen LogP contribution in [0.1, 0.15) is 85.4 Å². The first-order valence-electron chi connectivity index (χ1n) is 26.3. The minimum atomic E-state index is -0.0723. The summed E-state index contributed by atoms with van der Waals surface area (Å²) in [5.74, 6) is 0. The second-order valence-corrected chi connectivity index (χ2v) is 24.4. The fourth-order valence-electron chi connectivity index (χ4n) is 12.0. The summed E-state index contributed by atoms with van der Waals surface area (Å²) < 4.78 is 2.71. The van der Waals surface area contributed by atoms with E-state index in [4.69, 9.17) is 0 Å². The maximum atomic E-state index is 2.63. The van der Waals surface area contributed by atoms with Crippen LogP contribution in [0.2, 0.25) is 0 Å². The van der Waals surface area contributed by atoms with Gasteiger partial charge in [-0.3, -0.25) is 0 Å². The van der Waals surface area contributed by atoms with Crippen molar-refractivity contribution in [2.24, 2.45) is 0 Å². The van der Waals surface area contributed by atoms with Crippen LogP contribution < -0.4 is 25.5 Å². The SMILES string of the molecule is CCC(C)(C)c1ccc(N2c3cccc4c3B(c3ccc(-c5ccccc5)cc3N4c3ccc(C(C)(C)C)cc3-c3ccc4c5ccccc5c5ccccc5c4c3)c3sc4ccc(C(C)(C)C)cc4c32)cc1. The molecule has 0 saturated heterocycles. The highest BCUT2D eigenvalue weighted by atomic mass is 32.1. The molecule has 73 heavy (non-hydrogen) atoms. The normalized spacial score (nSPS) is 13.5. The number of benzene rings is 10. The van der Waals surface area contributed by atoms with Crippen molar-refractivity contribution in [2.45, 2.75) is 85.0 Å². The summed E-state index contributed by atoms with van der Waals surface area (Å²) in [6.07, 6.45) is 1.07. The zero-order valence-corrected chi connectivity index (χ0v) is 44.4. The Labute approximate surface area is 435 Å². The number of fused-ring (bicyclic) bond motifs is 12. The highest BCUT2D eigenvalue weighted by molar-refractivity contribution is 7.33. The number of nitrogens with zero attached hydrogens (tertiary/aromatic N) is 2. The van der Waals surface area contributed by atoms with E-state index in [0.717, 1.165) is 6.42 Å². The van der Waals surface area contributed by atoms with Gasteiger partial charge in [-0.05, 0) is 160 Å². The molecule has 0 radical (unpaired) electrons. The molecule has 10 aromatic carbocycles. The van der Waals surface area contributed by atoms with Gasteiger partial charge in [0.15, 0.2) is 0 Å². The Balaban J connectivity index is 1.11. The lowest BCUT2D eigenvalue weighted by atomic mass is 9.36. The molecule has 0 bridgehead atoms. The number of hydrogen-bond donors (Lipinski definition) is 0. The molecule has 0 amide bonds. The van der Waals surface area contributed by atoms with E-state index in [1.165, 1.54) is 131 Å². The Morgan fingerprint density at radius 3 is 1.64 bits per heavy atom. The summed E-state index contributed by atoms with van der Waals surface area (Å²) in [5, 5.41) is 9.03. The van der Waals surface area contributed by atoms with Crippen molar-refractivity contribution in [1.82, 2.24) is 0 Å². The number of hydrogen-bond acceptors (Lipinski definition) is 3. The number of thiophene rings is 1. The second-order valence-electron chi connectivity index (χ2n) is 23.3. The van der Waals surface area contributed by atoms with Crippen LogP contribution in [-0.4, -0.2) is 6.71 Å². The molecule has 2 nitrogen and oxygen atoms in total. The van der Waals surface area contributed by atoms with Crippen molar-refractivity contribution >= 4 is 110 Å². The summed E-state index contributed by atoms with van der Waals surface area (Å²) in [6, 6.07) is 74.5. The van der Waals surface area contributed by atoms with Crippen LogP contribution >= 0.6 is 11.3 Å². The van der Waals surface area contributed by atoms with Crippen molar-refractivity contribution in [3.63, 3.8) is 0 Å². The maximum Gasteiger partial charge on any atom is 0.264 e. The van der Waals surface area contributed by atoms with Crippen LogP contribution in [0.4, 0.5) is 34.1 Å². The van der Waals surface area contributed by atoms with Crippen LogP contribution in [-0.2, 0) is 16.2 Å². The van der Waals surface area contributed by atoms with Gasteiger partial charge in [-0.1, -0.05) is 196 Å². The van der Waals surface area contributed by atoms with Gasteiger partial charge in [0.1, 0.15) is 0 Å². The fourth-order valence-corrected chi connectivity index (χ4v) is 13.3. The van der Waals surface area contributed by atoms with E-state index in [1.807, 2.05) is 11.3 Å². The largest absolute Gasteiger partial charge is 0.311 e. The van der Waals surface area contributed by atoms with Crippen molar-refractivity contribution in [2.75, 3.05) is 9.80 Å². The molecule has 1 aromatic heterocycles. The van der Waals surface area contributed by atoms with Gasteiger partial charge in [0.25, 0.3) is 6.71 Å². The molecule has 0 saturated carbocycles. The fraction of sp³-hybridized carbons (Fsp3) is 0.188. The highest BCUT2D eigenvalue weighted by Gasteiger charge is 2.46. The van der Waals surface area contributed by atoms with Crippen molar-refractivity contribution in [1.29, 1.82) is 0 Å². The third-order valence-corrected chi connectivity index (χ3v) is 17.7. The predicted octanol–water partition coefficient (Wildman–Crippen LogP) is 18.1. The molecule has 0 fully saturated rings. The van der Waals surface area contributed by atoms with Gasteiger partial charge in [0.05, 0.1) is 11.4 Å². The molecule has 11 aromatic rings. The third-order valence-electron chi connectivity index (χ3n) is 16.5. The Morgan fingerprint density at radius 2 is 0.986 bits per heavy atom. The molecule has 0 N–H and O–H groups in total. The van der Waals surface area contributed by atoms with E-state index >= 15 is 0 Å². The Bertz CT molecular complexity index is 3980. The highest BCUT2D eigenvalue weighted by Crippen LogP contribution is 2.51. The van der Waals surface area contributed by atoms with Crippen molar-refractivity contribution < 1.29 is 0 Å². The third kappa shape index (κ3) is 7.19. The standard InChI is InChI=1S/C69H61BN2S/c1-10-69(8,9)46-29-33-49(34-30-46)71-60-25-18-26-61-64(60)70(66-65(71)57-42-48(68(5,6)7)32-38-63(57)73-66)58-36-28-44(43-19-12-11-13-20-43)40-62(58)72(61)59-37-31-47(67(2,3)4)41-55(59)45-27-35-54-52-23-15-14-21-50(52)51-22-16-17-24-53(51)56(54)39-45/h11-42H,10H2,1-9H3. The van der Waals surface area contributed by atoms with E-state index in [0.29, 0.717) is 0 Å². The average Bonchev–Trinajstić information content (AvgIpc) is 3.80. The molecule has 2 aliphatic rings. The van der Waals surface area contributed by atoms with Crippen LogP contribution in [0.25, 0.3) is 64.7 Å². The second kappa shape index (κ2) is 16.6. The maximum absolute atomic E-state index is 2.63. The lowest BCUT2D eigenvalue weighted by molar-refractivity contribution is 0.506. The zero-order chi connectivity index (χ0) is 50.1. The zero-order valence-electron chi connectivity index (χ0n) is 43.6. The van der Waals surface area contributed by atoms with Gasteiger partial charge in [-0.25, -0.2) is 0 Å².